The van der Waals surface area contributed by atoms with Crippen molar-refractivity contribution in [2.75, 3.05) is 6.61 Å². The monoisotopic (exact) mass is 343 g/mol. The third-order valence-electron chi connectivity index (χ3n) is 4.21. The van der Waals surface area contributed by atoms with Crippen molar-refractivity contribution < 1.29 is 23.8 Å². The smallest absolute Gasteiger partial charge is 0.308 e. The highest BCUT2D eigenvalue weighted by Gasteiger charge is 2.36. The van der Waals surface area contributed by atoms with Gasteiger partial charge >= 0.3 is 5.97 Å². The molecular formula is C16H19ClFNO4. The Bertz CT molecular complexity index is 610. The fourth-order valence-corrected chi connectivity index (χ4v) is 2.66. The summed E-state index contributed by atoms with van der Waals surface area (Å²) in [5.41, 5.74) is 0.545. The SMILES string of the molecule is CC(NC(=O)[C@@H]1CCO[C@H]1c1ccc(Cl)c(F)c1)C(C)C(=O)O. The third-order valence-corrected chi connectivity index (χ3v) is 4.52. The van der Waals surface area contributed by atoms with Crippen molar-refractivity contribution >= 4 is 23.5 Å². The van der Waals surface area contributed by atoms with Crippen molar-refractivity contribution in [1.29, 1.82) is 0 Å². The number of aliphatic carboxylic acids is 1. The summed E-state index contributed by atoms with van der Waals surface area (Å²) in [6.07, 6.45) is -0.0661. The molecule has 23 heavy (non-hydrogen) atoms. The van der Waals surface area contributed by atoms with Crippen LogP contribution >= 0.6 is 11.6 Å². The van der Waals surface area contributed by atoms with E-state index < -0.39 is 35.8 Å². The van der Waals surface area contributed by atoms with E-state index in [9.17, 15) is 14.0 Å². The molecule has 7 heteroatoms. The molecule has 1 aromatic carbocycles. The number of carbonyl (C=O) groups excluding carboxylic acids is 1. The Labute approximate surface area is 138 Å². The van der Waals surface area contributed by atoms with Gasteiger partial charge in [-0.1, -0.05) is 17.7 Å². The number of hydrogen-bond acceptors (Lipinski definition) is 3. The quantitative estimate of drug-likeness (QED) is 0.862. The number of benzene rings is 1. The van der Waals surface area contributed by atoms with Crippen molar-refractivity contribution in [1.82, 2.24) is 5.32 Å². The molecule has 1 amide bonds. The molecule has 1 aliphatic rings. The first kappa shape index (κ1) is 17.7. The zero-order valence-corrected chi connectivity index (χ0v) is 13.6. The van der Waals surface area contributed by atoms with Gasteiger partial charge < -0.3 is 15.2 Å². The second-order valence-electron chi connectivity index (χ2n) is 5.78. The average molecular weight is 344 g/mol. The van der Waals surface area contributed by atoms with Gasteiger partial charge in [-0.2, -0.15) is 0 Å². The number of hydrogen-bond donors (Lipinski definition) is 2. The molecule has 5 nitrogen and oxygen atoms in total. The van der Waals surface area contributed by atoms with Crippen molar-refractivity contribution in [2.24, 2.45) is 11.8 Å². The highest BCUT2D eigenvalue weighted by Crippen LogP contribution is 2.36. The molecule has 126 valence electrons. The van der Waals surface area contributed by atoms with Crippen LogP contribution in [0.2, 0.25) is 5.02 Å². The first-order valence-corrected chi connectivity index (χ1v) is 7.78. The molecule has 4 atom stereocenters. The van der Waals surface area contributed by atoms with Crippen molar-refractivity contribution in [3.05, 3.63) is 34.6 Å². The van der Waals surface area contributed by atoms with Crippen LogP contribution in [0, 0.1) is 17.7 Å². The Balaban J connectivity index is 2.10. The molecule has 0 bridgehead atoms. The predicted molar refractivity (Wildman–Crippen MR) is 82.6 cm³/mol. The fraction of sp³-hybridized carbons (Fsp3) is 0.500. The normalized spacial score (nSPS) is 23.3. The molecule has 1 aromatic rings. The maximum Gasteiger partial charge on any atom is 0.308 e. The van der Waals surface area contributed by atoms with Gasteiger partial charge in [0, 0.05) is 12.6 Å². The number of ether oxygens (including phenoxy) is 1. The van der Waals surface area contributed by atoms with E-state index in [0.29, 0.717) is 18.6 Å². The standard InChI is InChI=1S/C16H19ClFNO4/c1-8(16(21)22)9(2)19-15(20)11-5-6-23-14(11)10-3-4-12(17)13(18)7-10/h3-4,7-9,11,14H,5-6H2,1-2H3,(H,19,20)(H,21,22)/t8?,9?,11-,14+/m1/s1. The molecule has 2 rings (SSSR count). The molecule has 2 unspecified atom stereocenters. The van der Waals surface area contributed by atoms with Crippen LogP contribution in [0.5, 0.6) is 0 Å². The number of halogens is 2. The third kappa shape index (κ3) is 4.00. The number of nitrogens with one attached hydrogen (secondary N) is 1. The Morgan fingerprint density at radius 2 is 2.13 bits per heavy atom. The second kappa shape index (κ2) is 7.27. The molecule has 0 aliphatic carbocycles. The van der Waals surface area contributed by atoms with Crippen molar-refractivity contribution in [3.63, 3.8) is 0 Å². The summed E-state index contributed by atoms with van der Waals surface area (Å²) in [6, 6.07) is 3.81. The van der Waals surface area contributed by atoms with Gasteiger partial charge in [0.15, 0.2) is 0 Å². The lowest BCUT2D eigenvalue weighted by Gasteiger charge is -2.23. The van der Waals surface area contributed by atoms with E-state index in [1.165, 1.54) is 19.1 Å². The molecule has 2 N–H and O–H groups in total. The van der Waals surface area contributed by atoms with Gasteiger partial charge in [-0.15, -0.1) is 0 Å². The molecule has 0 spiro atoms. The summed E-state index contributed by atoms with van der Waals surface area (Å²) in [6.45, 7) is 3.56. The van der Waals surface area contributed by atoms with E-state index >= 15 is 0 Å². The molecule has 1 saturated heterocycles. The first-order valence-electron chi connectivity index (χ1n) is 7.41. The summed E-state index contributed by atoms with van der Waals surface area (Å²) >= 11 is 5.67. The van der Waals surface area contributed by atoms with Crippen LogP contribution in [0.3, 0.4) is 0 Å². The lowest BCUT2D eigenvalue weighted by Crippen LogP contribution is -2.43. The van der Waals surface area contributed by atoms with Crippen LogP contribution in [0.25, 0.3) is 0 Å². The van der Waals surface area contributed by atoms with Crippen molar-refractivity contribution in [3.8, 4) is 0 Å². The Morgan fingerprint density at radius 3 is 2.74 bits per heavy atom. The summed E-state index contributed by atoms with van der Waals surface area (Å²) in [5, 5.41) is 11.7. The zero-order chi connectivity index (χ0) is 17.1. The van der Waals surface area contributed by atoms with E-state index in [0.717, 1.165) is 0 Å². The fourth-order valence-electron chi connectivity index (χ4n) is 2.55. The van der Waals surface area contributed by atoms with E-state index in [4.69, 9.17) is 21.4 Å². The number of rotatable bonds is 5. The van der Waals surface area contributed by atoms with Crippen LogP contribution in [0.1, 0.15) is 31.9 Å². The topological polar surface area (TPSA) is 75.6 Å². The summed E-state index contributed by atoms with van der Waals surface area (Å²) in [7, 11) is 0. The second-order valence-corrected chi connectivity index (χ2v) is 6.19. The summed E-state index contributed by atoms with van der Waals surface area (Å²) in [5.74, 6) is -3.02. The molecule has 0 radical (unpaired) electrons. The maximum absolute atomic E-state index is 13.6. The van der Waals surface area contributed by atoms with Crippen LogP contribution in [-0.4, -0.2) is 29.6 Å². The molecule has 0 saturated carbocycles. The molecular weight excluding hydrogens is 325 g/mol. The molecule has 1 aliphatic heterocycles. The predicted octanol–water partition coefficient (Wildman–Crippen LogP) is 2.78. The summed E-state index contributed by atoms with van der Waals surface area (Å²) < 4.78 is 19.2. The largest absolute Gasteiger partial charge is 0.481 e. The number of carboxylic acids is 1. The zero-order valence-electron chi connectivity index (χ0n) is 12.9. The number of carboxylic acid groups (broad SMARTS) is 1. The molecule has 1 heterocycles. The lowest BCUT2D eigenvalue weighted by molar-refractivity contribution is -0.142. The van der Waals surface area contributed by atoms with Crippen LogP contribution < -0.4 is 5.32 Å². The van der Waals surface area contributed by atoms with E-state index in [-0.39, 0.29) is 10.9 Å². The number of carbonyl (C=O) groups is 2. The minimum Gasteiger partial charge on any atom is -0.481 e. The van der Waals surface area contributed by atoms with Gasteiger partial charge in [0.1, 0.15) is 5.82 Å². The van der Waals surface area contributed by atoms with Gasteiger partial charge in [-0.05, 0) is 38.0 Å². The van der Waals surface area contributed by atoms with E-state index in [2.05, 4.69) is 5.32 Å². The lowest BCUT2D eigenvalue weighted by atomic mass is 9.93. The highest BCUT2D eigenvalue weighted by atomic mass is 35.5. The Hall–Kier alpha value is -1.66. The van der Waals surface area contributed by atoms with E-state index in [1.807, 2.05) is 0 Å². The van der Waals surface area contributed by atoms with Crippen LogP contribution in [0.15, 0.2) is 18.2 Å². The molecule has 0 aromatic heterocycles. The Kier molecular flexibility index (Phi) is 5.59. The van der Waals surface area contributed by atoms with Gasteiger partial charge in [-0.25, -0.2) is 4.39 Å². The summed E-state index contributed by atoms with van der Waals surface area (Å²) in [4.78, 5) is 23.4. The maximum atomic E-state index is 13.6. The Morgan fingerprint density at radius 1 is 1.43 bits per heavy atom. The van der Waals surface area contributed by atoms with Crippen LogP contribution in [0.4, 0.5) is 4.39 Å². The van der Waals surface area contributed by atoms with Gasteiger partial charge in [0.05, 0.1) is 23.0 Å². The van der Waals surface area contributed by atoms with Gasteiger partial charge in [0.2, 0.25) is 5.91 Å². The molecule has 1 fully saturated rings. The van der Waals surface area contributed by atoms with Crippen LogP contribution in [-0.2, 0) is 14.3 Å². The minimum absolute atomic E-state index is 0.0108. The highest BCUT2D eigenvalue weighted by molar-refractivity contribution is 6.30. The van der Waals surface area contributed by atoms with Gasteiger partial charge in [0.25, 0.3) is 0 Å². The van der Waals surface area contributed by atoms with E-state index in [1.54, 1.807) is 13.0 Å². The average Bonchev–Trinajstić information content (AvgIpc) is 2.98. The van der Waals surface area contributed by atoms with Gasteiger partial charge in [-0.3, -0.25) is 9.59 Å². The number of amides is 1. The minimum atomic E-state index is -0.975. The van der Waals surface area contributed by atoms with Crippen molar-refractivity contribution in [2.45, 2.75) is 32.4 Å². The first-order chi connectivity index (χ1) is 10.8.